The van der Waals surface area contributed by atoms with Crippen molar-refractivity contribution in [1.82, 2.24) is 9.78 Å². The molecule has 1 aromatic rings. The molecule has 1 heterocycles. The molecule has 2 N–H and O–H groups in total. The van der Waals surface area contributed by atoms with E-state index in [1.54, 1.807) is 0 Å². The number of hydrogen-bond acceptors (Lipinski definition) is 2. The zero-order valence-electron chi connectivity index (χ0n) is 11.3. The van der Waals surface area contributed by atoms with Gasteiger partial charge in [0.2, 0.25) is 0 Å². The molecule has 0 saturated heterocycles. The van der Waals surface area contributed by atoms with Crippen LogP contribution in [0.3, 0.4) is 0 Å². The highest BCUT2D eigenvalue weighted by Crippen LogP contribution is 2.38. The highest BCUT2D eigenvalue weighted by molar-refractivity contribution is 5.11. The van der Waals surface area contributed by atoms with Gasteiger partial charge in [0.25, 0.3) is 0 Å². The Labute approximate surface area is 104 Å². The van der Waals surface area contributed by atoms with Gasteiger partial charge in [-0.1, -0.05) is 13.8 Å². The molecule has 0 amide bonds. The third-order valence-corrected chi connectivity index (χ3v) is 4.38. The number of hydrogen-bond donors (Lipinski definition) is 1. The van der Waals surface area contributed by atoms with Gasteiger partial charge in [0, 0.05) is 24.8 Å². The first-order chi connectivity index (χ1) is 8.08. The van der Waals surface area contributed by atoms with Gasteiger partial charge in [0.05, 0.1) is 6.20 Å². The van der Waals surface area contributed by atoms with Gasteiger partial charge in [-0.25, -0.2) is 0 Å². The van der Waals surface area contributed by atoms with Crippen molar-refractivity contribution in [3.63, 3.8) is 0 Å². The van der Waals surface area contributed by atoms with Crippen LogP contribution in [0.5, 0.6) is 0 Å². The average molecular weight is 235 g/mol. The van der Waals surface area contributed by atoms with Gasteiger partial charge < -0.3 is 5.73 Å². The molecule has 0 bridgehead atoms. The van der Waals surface area contributed by atoms with Gasteiger partial charge >= 0.3 is 0 Å². The Balaban J connectivity index is 1.92. The molecule has 0 aromatic carbocycles. The highest BCUT2D eigenvalue weighted by atomic mass is 15.2. The molecule has 0 radical (unpaired) electrons. The van der Waals surface area contributed by atoms with E-state index in [2.05, 4.69) is 25.1 Å². The topological polar surface area (TPSA) is 43.8 Å². The molecule has 3 nitrogen and oxygen atoms in total. The highest BCUT2D eigenvalue weighted by Gasteiger charge is 2.28. The molecule has 1 aliphatic rings. The van der Waals surface area contributed by atoms with Crippen LogP contribution in [0.1, 0.15) is 51.1 Å². The Hall–Kier alpha value is -0.830. The lowest BCUT2D eigenvalue weighted by atomic mass is 9.74. The fourth-order valence-electron chi connectivity index (χ4n) is 3.06. The summed E-state index contributed by atoms with van der Waals surface area (Å²) in [7, 11) is 1.95. The minimum Gasteiger partial charge on any atom is -0.324 e. The second-order valence-electron chi connectivity index (χ2n) is 5.89. The van der Waals surface area contributed by atoms with Gasteiger partial charge in [-0.2, -0.15) is 5.10 Å². The molecule has 1 unspecified atom stereocenters. The molecule has 3 heteroatoms. The van der Waals surface area contributed by atoms with Crippen LogP contribution < -0.4 is 5.73 Å². The van der Waals surface area contributed by atoms with E-state index < -0.39 is 0 Å². The van der Waals surface area contributed by atoms with E-state index in [4.69, 9.17) is 5.73 Å². The van der Waals surface area contributed by atoms with E-state index in [9.17, 15) is 0 Å². The van der Waals surface area contributed by atoms with Crippen molar-refractivity contribution in [1.29, 1.82) is 0 Å². The molecular weight excluding hydrogens is 210 g/mol. The lowest BCUT2D eigenvalue weighted by molar-refractivity contribution is 0.203. The maximum atomic E-state index is 6.35. The van der Waals surface area contributed by atoms with E-state index in [0.717, 1.165) is 11.8 Å². The summed E-state index contributed by atoms with van der Waals surface area (Å²) in [5.74, 6) is 2.38. The van der Waals surface area contributed by atoms with Gasteiger partial charge in [0.1, 0.15) is 0 Å². The third-order valence-electron chi connectivity index (χ3n) is 4.38. The van der Waals surface area contributed by atoms with Crippen molar-refractivity contribution >= 4 is 0 Å². The van der Waals surface area contributed by atoms with Crippen LogP contribution in [0.2, 0.25) is 0 Å². The summed E-state index contributed by atoms with van der Waals surface area (Å²) in [5, 5.41) is 4.21. The van der Waals surface area contributed by atoms with Crippen molar-refractivity contribution in [2.75, 3.05) is 0 Å². The smallest absolute Gasteiger partial charge is 0.0537 e. The number of rotatable bonds is 3. The van der Waals surface area contributed by atoms with Crippen molar-refractivity contribution in [2.24, 2.45) is 30.5 Å². The van der Waals surface area contributed by atoms with Crippen molar-refractivity contribution in [3.05, 3.63) is 18.0 Å². The lowest BCUT2D eigenvalue weighted by Crippen LogP contribution is -2.27. The maximum Gasteiger partial charge on any atom is 0.0537 e. The molecule has 2 rings (SSSR count). The van der Waals surface area contributed by atoms with E-state index in [-0.39, 0.29) is 6.04 Å². The Morgan fingerprint density at radius 2 is 1.82 bits per heavy atom. The normalized spacial score (nSPS) is 27.4. The maximum absolute atomic E-state index is 6.35. The predicted octanol–water partition coefficient (Wildman–Crippen LogP) is 2.88. The summed E-state index contributed by atoms with van der Waals surface area (Å²) in [6, 6.07) is 0.178. The molecule has 0 aliphatic heterocycles. The fourth-order valence-corrected chi connectivity index (χ4v) is 3.06. The van der Waals surface area contributed by atoms with E-state index in [0.29, 0.717) is 5.92 Å². The number of nitrogens with two attached hydrogens (primary N) is 1. The van der Waals surface area contributed by atoms with Crippen molar-refractivity contribution < 1.29 is 0 Å². The van der Waals surface area contributed by atoms with Crippen LogP contribution in [0, 0.1) is 17.8 Å². The molecular formula is C14H25N3. The van der Waals surface area contributed by atoms with Gasteiger partial charge in [-0.15, -0.1) is 0 Å². The van der Waals surface area contributed by atoms with E-state index >= 15 is 0 Å². The van der Waals surface area contributed by atoms with E-state index in [1.165, 1.54) is 31.2 Å². The zero-order valence-corrected chi connectivity index (χ0v) is 11.3. The molecule has 1 saturated carbocycles. The zero-order chi connectivity index (χ0) is 12.4. The van der Waals surface area contributed by atoms with Gasteiger partial charge in [-0.3, -0.25) is 4.68 Å². The molecule has 0 spiro atoms. The largest absolute Gasteiger partial charge is 0.324 e. The summed E-state index contributed by atoms with van der Waals surface area (Å²) in [6.07, 6.45) is 9.21. The molecule has 17 heavy (non-hydrogen) atoms. The summed E-state index contributed by atoms with van der Waals surface area (Å²) in [5.41, 5.74) is 7.55. The Kier molecular flexibility index (Phi) is 3.87. The van der Waals surface area contributed by atoms with Gasteiger partial charge in [-0.05, 0) is 43.4 Å². The minimum absolute atomic E-state index is 0.178. The number of nitrogens with zero attached hydrogens (tertiary/aromatic N) is 2. The third kappa shape index (κ3) is 2.89. The number of aromatic nitrogens is 2. The molecule has 96 valence electrons. The predicted molar refractivity (Wildman–Crippen MR) is 70.4 cm³/mol. The Morgan fingerprint density at radius 1 is 1.24 bits per heavy atom. The lowest BCUT2D eigenvalue weighted by Gasteiger charge is -2.33. The summed E-state index contributed by atoms with van der Waals surface area (Å²) in [6.45, 7) is 4.68. The molecule has 1 fully saturated rings. The van der Waals surface area contributed by atoms with Crippen LogP contribution in [0.4, 0.5) is 0 Å². The average Bonchev–Trinajstić information content (AvgIpc) is 2.75. The first-order valence-electron chi connectivity index (χ1n) is 6.82. The van der Waals surface area contributed by atoms with Crippen LogP contribution in [-0.4, -0.2) is 9.78 Å². The minimum atomic E-state index is 0.178. The number of aryl methyl sites for hydroxylation is 1. The summed E-state index contributed by atoms with van der Waals surface area (Å²) < 4.78 is 1.84. The second-order valence-corrected chi connectivity index (χ2v) is 5.89. The monoisotopic (exact) mass is 235 g/mol. The second kappa shape index (κ2) is 5.21. The summed E-state index contributed by atoms with van der Waals surface area (Å²) >= 11 is 0. The molecule has 1 aromatic heterocycles. The van der Waals surface area contributed by atoms with Gasteiger partial charge in [0.15, 0.2) is 0 Å². The fraction of sp³-hybridized carbons (Fsp3) is 0.786. The standard InChI is InChI=1S/C14H25N3/c1-10(2)11-4-6-12(7-5-11)14(15)13-8-16-17(3)9-13/h8-12,14H,4-7,15H2,1-3H3. The van der Waals surface area contributed by atoms with Crippen LogP contribution in [-0.2, 0) is 7.05 Å². The van der Waals surface area contributed by atoms with Crippen LogP contribution >= 0.6 is 0 Å². The SMILES string of the molecule is CC(C)C1CCC(C(N)c2cnn(C)c2)CC1. The Bertz CT molecular complexity index is 348. The Morgan fingerprint density at radius 3 is 2.29 bits per heavy atom. The summed E-state index contributed by atoms with van der Waals surface area (Å²) in [4.78, 5) is 0. The quantitative estimate of drug-likeness (QED) is 0.875. The van der Waals surface area contributed by atoms with Crippen molar-refractivity contribution in [3.8, 4) is 0 Å². The molecule has 1 aliphatic carbocycles. The van der Waals surface area contributed by atoms with Crippen LogP contribution in [0.25, 0.3) is 0 Å². The van der Waals surface area contributed by atoms with E-state index in [1.807, 2.05) is 17.9 Å². The van der Waals surface area contributed by atoms with Crippen molar-refractivity contribution in [2.45, 2.75) is 45.6 Å². The van der Waals surface area contributed by atoms with Crippen LogP contribution in [0.15, 0.2) is 12.4 Å². The first-order valence-corrected chi connectivity index (χ1v) is 6.82. The first kappa shape index (κ1) is 12.6. The molecule has 1 atom stereocenters.